The highest BCUT2D eigenvalue weighted by Crippen LogP contribution is 2.23. The number of hydrogen-bond acceptors (Lipinski definition) is 5. The quantitative estimate of drug-likeness (QED) is 0.326. The first-order valence-corrected chi connectivity index (χ1v) is 15.1. The first kappa shape index (κ1) is 30.2. The molecule has 3 rings (SSSR count). The highest BCUT2D eigenvalue weighted by molar-refractivity contribution is 9.10. The second-order valence-electron chi connectivity index (χ2n) is 9.48. The third-order valence-electron chi connectivity index (χ3n) is 6.01. The van der Waals surface area contributed by atoms with Crippen molar-refractivity contribution in [3.05, 3.63) is 94.5 Å². The molecule has 0 unspecified atom stereocenters. The SMILES string of the molecule is COc1ccc(N(CC(=O)N(Cc2ccc(Br)cc2)[C@H](Cc2ccccc2)C(=O)NC(C)C)S(C)(=O)=O)cc1. The predicted molar refractivity (Wildman–Crippen MR) is 157 cm³/mol. The first-order valence-electron chi connectivity index (χ1n) is 12.5. The van der Waals surface area contributed by atoms with Crippen molar-refractivity contribution in [2.75, 3.05) is 24.2 Å². The molecular weight excluding hydrogens is 582 g/mol. The van der Waals surface area contributed by atoms with Crippen molar-refractivity contribution in [1.29, 1.82) is 0 Å². The number of sulfonamides is 1. The van der Waals surface area contributed by atoms with Crippen LogP contribution in [0.4, 0.5) is 5.69 Å². The van der Waals surface area contributed by atoms with Gasteiger partial charge in [-0.05, 0) is 61.4 Å². The summed E-state index contributed by atoms with van der Waals surface area (Å²) >= 11 is 3.43. The van der Waals surface area contributed by atoms with Crippen molar-refractivity contribution in [1.82, 2.24) is 10.2 Å². The molecule has 1 atom stereocenters. The second-order valence-corrected chi connectivity index (χ2v) is 12.3. The molecule has 8 nitrogen and oxygen atoms in total. The van der Waals surface area contributed by atoms with E-state index in [0.29, 0.717) is 11.4 Å². The summed E-state index contributed by atoms with van der Waals surface area (Å²) in [5.74, 6) is -0.252. The lowest BCUT2D eigenvalue weighted by Gasteiger charge is -2.34. The molecule has 10 heteroatoms. The first-order chi connectivity index (χ1) is 18.5. The molecule has 2 amide bonds. The van der Waals surface area contributed by atoms with Crippen molar-refractivity contribution in [2.24, 2.45) is 0 Å². The monoisotopic (exact) mass is 615 g/mol. The number of ether oxygens (including phenoxy) is 1. The van der Waals surface area contributed by atoms with Gasteiger partial charge in [-0.1, -0.05) is 58.4 Å². The van der Waals surface area contributed by atoms with E-state index in [0.717, 1.165) is 26.2 Å². The summed E-state index contributed by atoms with van der Waals surface area (Å²) in [6.45, 7) is 3.36. The molecule has 3 aromatic rings. The summed E-state index contributed by atoms with van der Waals surface area (Å²) in [7, 11) is -2.31. The van der Waals surface area contributed by atoms with E-state index >= 15 is 0 Å². The third-order valence-corrected chi connectivity index (χ3v) is 7.68. The number of nitrogens with zero attached hydrogens (tertiary/aromatic N) is 2. The van der Waals surface area contributed by atoms with Gasteiger partial charge in [-0.3, -0.25) is 13.9 Å². The van der Waals surface area contributed by atoms with Crippen LogP contribution in [0.15, 0.2) is 83.3 Å². The van der Waals surface area contributed by atoms with Crippen molar-refractivity contribution < 1.29 is 22.7 Å². The number of carbonyl (C=O) groups is 2. The molecular formula is C29H34BrN3O5S. The average Bonchev–Trinajstić information content (AvgIpc) is 2.90. The van der Waals surface area contributed by atoms with E-state index < -0.39 is 28.5 Å². The van der Waals surface area contributed by atoms with Crippen molar-refractivity contribution in [3.63, 3.8) is 0 Å². The van der Waals surface area contributed by atoms with Gasteiger partial charge in [0, 0.05) is 23.5 Å². The van der Waals surface area contributed by atoms with Gasteiger partial charge in [0.2, 0.25) is 21.8 Å². The van der Waals surface area contributed by atoms with Crippen LogP contribution in [0.25, 0.3) is 0 Å². The van der Waals surface area contributed by atoms with Crippen LogP contribution in [0.3, 0.4) is 0 Å². The number of amides is 2. The lowest BCUT2D eigenvalue weighted by atomic mass is 10.0. The second kappa shape index (κ2) is 13.6. The maximum absolute atomic E-state index is 14.0. The third kappa shape index (κ3) is 8.83. The lowest BCUT2D eigenvalue weighted by Crippen LogP contribution is -2.54. The molecule has 208 valence electrons. The molecule has 39 heavy (non-hydrogen) atoms. The van der Waals surface area contributed by atoms with Crippen molar-refractivity contribution >= 4 is 43.5 Å². The largest absolute Gasteiger partial charge is 0.497 e. The molecule has 0 saturated heterocycles. The van der Waals surface area contributed by atoms with E-state index in [2.05, 4.69) is 21.2 Å². The zero-order chi connectivity index (χ0) is 28.6. The molecule has 0 fully saturated rings. The smallest absolute Gasteiger partial charge is 0.244 e. The number of carbonyl (C=O) groups excluding carboxylic acids is 2. The maximum Gasteiger partial charge on any atom is 0.244 e. The van der Waals surface area contributed by atoms with Crippen LogP contribution in [0, 0.1) is 0 Å². The fourth-order valence-electron chi connectivity index (χ4n) is 4.08. The molecule has 0 heterocycles. The lowest BCUT2D eigenvalue weighted by molar-refractivity contribution is -0.140. The van der Waals surface area contributed by atoms with Crippen LogP contribution in [0.5, 0.6) is 5.75 Å². The van der Waals surface area contributed by atoms with Crippen LogP contribution < -0.4 is 14.4 Å². The Hall–Kier alpha value is -3.37. The molecule has 3 aromatic carbocycles. The summed E-state index contributed by atoms with van der Waals surface area (Å²) in [5, 5.41) is 2.94. The van der Waals surface area contributed by atoms with Crippen LogP contribution >= 0.6 is 15.9 Å². The fourth-order valence-corrected chi connectivity index (χ4v) is 5.20. The number of anilines is 1. The van der Waals surface area contributed by atoms with Gasteiger partial charge in [-0.15, -0.1) is 0 Å². The molecule has 0 radical (unpaired) electrons. The van der Waals surface area contributed by atoms with Gasteiger partial charge in [0.1, 0.15) is 18.3 Å². The molecule has 0 aliphatic rings. The Balaban J connectivity index is 2.03. The van der Waals surface area contributed by atoms with E-state index in [1.165, 1.54) is 12.0 Å². The minimum absolute atomic E-state index is 0.120. The van der Waals surface area contributed by atoms with Gasteiger partial charge in [0.15, 0.2) is 0 Å². The van der Waals surface area contributed by atoms with E-state index in [4.69, 9.17) is 4.74 Å². The minimum Gasteiger partial charge on any atom is -0.497 e. The molecule has 1 N–H and O–H groups in total. The highest BCUT2D eigenvalue weighted by Gasteiger charge is 2.33. The zero-order valence-electron chi connectivity index (χ0n) is 22.5. The number of methoxy groups -OCH3 is 1. The van der Waals surface area contributed by atoms with Gasteiger partial charge in [0.05, 0.1) is 19.1 Å². The molecule has 0 saturated carbocycles. The standard InChI is InChI=1S/C29H34BrN3O5S/c1-21(2)31-29(35)27(18-22-8-6-5-7-9-22)32(19-23-10-12-24(30)13-11-23)28(34)20-33(39(4,36)37)25-14-16-26(38-3)17-15-25/h5-17,21,27H,18-20H2,1-4H3,(H,31,35)/t27-/m1/s1. The molecule has 0 aromatic heterocycles. The van der Waals surface area contributed by atoms with Crippen LogP contribution in [0.1, 0.15) is 25.0 Å². The van der Waals surface area contributed by atoms with Crippen LogP contribution in [-0.4, -0.2) is 57.1 Å². The van der Waals surface area contributed by atoms with Gasteiger partial charge < -0.3 is 15.0 Å². The maximum atomic E-state index is 14.0. The summed E-state index contributed by atoms with van der Waals surface area (Å²) < 4.78 is 32.7. The number of halogens is 1. The summed E-state index contributed by atoms with van der Waals surface area (Å²) in [6, 6.07) is 22.3. The molecule has 0 spiro atoms. The van der Waals surface area contributed by atoms with Gasteiger partial charge in [0.25, 0.3) is 0 Å². The molecule has 0 aliphatic carbocycles. The van der Waals surface area contributed by atoms with Crippen molar-refractivity contribution in [3.8, 4) is 5.75 Å². The van der Waals surface area contributed by atoms with Crippen LogP contribution in [0.2, 0.25) is 0 Å². The highest BCUT2D eigenvalue weighted by atomic mass is 79.9. The average molecular weight is 617 g/mol. The molecule has 0 bridgehead atoms. The number of hydrogen-bond donors (Lipinski definition) is 1. The van der Waals surface area contributed by atoms with Crippen LogP contribution in [-0.2, 0) is 32.6 Å². The summed E-state index contributed by atoms with van der Waals surface area (Å²) in [5.41, 5.74) is 2.00. The normalized spacial score (nSPS) is 12.1. The minimum atomic E-state index is -3.83. The Morgan fingerprint density at radius 1 is 0.923 bits per heavy atom. The zero-order valence-corrected chi connectivity index (χ0v) is 24.9. The summed E-state index contributed by atoms with van der Waals surface area (Å²) in [4.78, 5) is 29.0. The topological polar surface area (TPSA) is 96.0 Å². The van der Waals surface area contributed by atoms with E-state index in [-0.39, 0.29) is 24.9 Å². The fraction of sp³-hybridized carbons (Fsp3) is 0.310. The number of benzene rings is 3. The Morgan fingerprint density at radius 3 is 2.08 bits per heavy atom. The molecule has 0 aliphatic heterocycles. The van der Waals surface area contributed by atoms with Gasteiger partial charge >= 0.3 is 0 Å². The summed E-state index contributed by atoms with van der Waals surface area (Å²) in [6.07, 6.45) is 1.32. The predicted octanol–water partition coefficient (Wildman–Crippen LogP) is 4.39. The Bertz CT molecular complexity index is 1350. The van der Waals surface area contributed by atoms with E-state index in [1.54, 1.807) is 24.3 Å². The Labute approximate surface area is 239 Å². The van der Waals surface area contributed by atoms with E-state index in [9.17, 15) is 18.0 Å². The van der Waals surface area contributed by atoms with Gasteiger partial charge in [-0.2, -0.15) is 0 Å². The van der Waals surface area contributed by atoms with Gasteiger partial charge in [-0.25, -0.2) is 8.42 Å². The number of rotatable bonds is 12. The van der Waals surface area contributed by atoms with Crippen molar-refractivity contribution in [2.45, 2.75) is 38.9 Å². The van der Waals surface area contributed by atoms with E-state index in [1.807, 2.05) is 68.4 Å². The Morgan fingerprint density at radius 2 is 1.54 bits per heavy atom. The number of nitrogens with one attached hydrogen (secondary N) is 1. The Kier molecular flexibility index (Phi) is 10.5.